The van der Waals surface area contributed by atoms with Gasteiger partial charge in [0.15, 0.2) is 0 Å². The molecule has 1 heterocycles. The summed E-state index contributed by atoms with van der Waals surface area (Å²) in [6.07, 6.45) is 5.98. The Labute approximate surface area is 188 Å². The number of fused-ring (bicyclic) bond motifs is 1. The van der Waals surface area contributed by atoms with Crippen LogP contribution in [0, 0.1) is 0 Å². The van der Waals surface area contributed by atoms with E-state index in [2.05, 4.69) is 38.7 Å². The van der Waals surface area contributed by atoms with Crippen LogP contribution in [0.5, 0.6) is 5.75 Å². The molecular weight excluding hydrogens is 470 g/mol. The fourth-order valence-electron chi connectivity index (χ4n) is 4.31. The maximum atomic E-state index is 12.6. The molecule has 1 aliphatic carbocycles. The van der Waals surface area contributed by atoms with Crippen LogP contribution in [0.4, 0.5) is 0 Å². The predicted octanol–water partition coefficient (Wildman–Crippen LogP) is 7.59. The van der Waals surface area contributed by atoms with Crippen molar-refractivity contribution in [1.82, 2.24) is 4.57 Å². The Kier molecular flexibility index (Phi) is 6.57. The molecule has 0 radical (unpaired) electrons. The zero-order valence-corrected chi connectivity index (χ0v) is 19.4. The Morgan fingerprint density at radius 1 is 1.21 bits per heavy atom. The number of nitrogens with zero attached hydrogens (tertiary/aromatic N) is 1. The molecule has 1 aromatic heterocycles. The monoisotopic (exact) mass is 491 g/mol. The van der Waals surface area contributed by atoms with E-state index in [1.165, 1.54) is 24.2 Å². The first-order valence-corrected chi connectivity index (χ1v) is 12.0. The van der Waals surface area contributed by atoms with Gasteiger partial charge >= 0.3 is 0 Å². The molecule has 152 valence electrons. The van der Waals surface area contributed by atoms with Gasteiger partial charge in [-0.1, -0.05) is 37.5 Å². The zero-order valence-electron chi connectivity index (χ0n) is 16.3. The smallest absolute Gasteiger partial charge is 0.254 e. The first-order valence-electron chi connectivity index (χ1n) is 9.88. The Morgan fingerprint density at radius 2 is 1.93 bits per heavy atom. The van der Waals surface area contributed by atoms with Gasteiger partial charge in [-0.05, 0) is 64.6 Å². The van der Waals surface area contributed by atoms with Crippen molar-refractivity contribution in [2.45, 2.75) is 48.8 Å². The van der Waals surface area contributed by atoms with Crippen molar-refractivity contribution in [3.63, 3.8) is 0 Å². The van der Waals surface area contributed by atoms with Crippen LogP contribution in [-0.2, 0) is 5.75 Å². The summed E-state index contributed by atoms with van der Waals surface area (Å²) in [6, 6.07) is 14.7. The number of ether oxygens (including phenoxy) is 1. The molecule has 0 amide bonds. The van der Waals surface area contributed by atoms with E-state index in [0.29, 0.717) is 23.1 Å². The summed E-state index contributed by atoms with van der Waals surface area (Å²) in [6.45, 7) is 0. The molecule has 0 bridgehead atoms. The van der Waals surface area contributed by atoms with Gasteiger partial charge in [-0.2, -0.15) is 0 Å². The van der Waals surface area contributed by atoms with Crippen molar-refractivity contribution in [3.8, 4) is 5.75 Å². The maximum Gasteiger partial charge on any atom is 0.254 e. The first kappa shape index (κ1) is 20.8. The second-order valence-corrected chi connectivity index (χ2v) is 9.61. The van der Waals surface area contributed by atoms with E-state index in [1.807, 2.05) is 24.3 Å². The molecule has 0 unspecified atom stereocenters. The average molecular weight is 493 g/mol. The lowest BCUT2D eigenvalue weighted by Gasteiger charge is -2.27. The van der Waals surface area contributed by atoms with Crippen LogP contribution in [-0.4, -0.2) is 16.9 Å². The van der Waals surface area contributed by atoms with Gasteiger partial charge in [0.25, 0.3) is 5.24 Å². The van der Waals surface area contributed by atoms with Crippen molar-refractivity contribution in [3.05, 3.63) is 58.2 Å². The molecule has 3 aromatic rings. The Bertz CT molecular complexity index is 1030. The number of carbonyl (C=O) groups excluding carboxylic acids is 1. The molecule has 0 N–H and O–H groups in total. The highest BCUT2D eigenvalue weighted by atomic mass is 79.9. The molecule has 1 fully saturated rings. The van der Waals surface area contributed by atoms with E-state index in [-0.39, 0.29) is 0 Å². The van der Waals surface area contributed by atoms with Gasteiger partial charge in [-0.25, -0.2) is 0 Å². The van der Waals surface area contributed by atoms with Crippen LogP contribution >= 0.6 is 39.3 Å². The van der Waals surface area contributed by atoms with E-state index in [4.69, 9.17) is 16.3 Å². The number of rotatable bonds is 6. The van der Waals surface area contributed by atoms with Gasteiger partial charge in [0, 0.05) is 27.8 Å². The Balaban J connectivity index is 1.89. The topological polar surface area (TPSA) is 31.2 Å². The van der Waals surface area contributed by atoms with Gasteiger partial charge in [0.05, 0.1) is 22.7 Å². The van der Waals surface area contributed by atoms with Gasteiger partial charge < -0.3 is 9.30 Å². The Morgan fingerprint density at radius 3 is 2.59 bits per heavy atom. The number of hydrogen-bond donors (Lipinski definition) is 0. The van der Waals surface area contributed by atoms with E-state index >= 15 is 0 Å². The number of aromatic nitrogens is 1. The third-order valence-corrected chi connectivity index (χ3v) is 7.47. The lowest BCUT2D eigenvalue weighted by atomic mass is 9.95. The number of benzene rings is 2. The van der Waals surface area contributed by atoms with Gasteiger partial charge in [0.1, 0.15) is 5.75 Å². The molecule has 1 saturated carbocycles. The Hall–Kier alpha value is -1.43. The fraction of sp³-hybridized carbons (Fsp3) is 0.348. The third kappa shape index (κ3) is 4.23. The molecule has 29 heavy (non-hydrogen) atoms. The van der Waals surface area contributed by atoms with Crippen molar-refractivity contribution >= 4 is 55.4 Å². The summed E-state index contributed by atoms with van der Waals surface area (Å²) >= 11 is 11.5. The van der Waals surface area contributed by atoms with E-state index in [1.54, 1.807) is 18.9 Å². The van der Waals surface area contributed by atoms with Crippen LogP contribution in [0.15, 0.2) is 51.8 Å². The lowest BCUT2D eigenvalue weighted by Crippen LogP contribution is -2.15. The van der Waals surface area contributed by atoms with Gasteiger partial charge in [0.2, 0.25) is 0 Å². The molecule has 4 rings (SSSR count). The maximum absolute atomic E-state index is 12.6. The lowest BCUT2D eigenvalue weighted by molar-refractivity contribution is 0.108. The number of hydrogen-bond acceptors (Lipinski definition) is 3. The van der Waals surface area contributed by atoms with Crippen molar-refractivity contribution in [1.29, 1.82) is 0 Å². The minimum atomic E-state index is -0.405. The van der Waals surface area contributed by atoms with Gasteiger partial charge in [-0.15, -0.1) is 11.8 Å². The highest BCUT2D eigenvalue weighted by Crippen LogP contribution is 2.42. The number of methoxy groups -OCH3 is 1. The summed E-state index contributed by atoms with van der Waals surface area (Å²) in [5.74, 6) is 1.41. The van der Waals surface area contributed by atoms with Crippen molar-refractivity contribution in [2.75, 3.05) is 7.11 Å². The summed E-state index contributed by atoms with van der Waals surface area (Å²) in [4.78, 5) is 13.7. The van der Waals surface area contributed by atoms with Crippen molar-refractivity contribution in [2.24, 2.45) is 0 Å². The van der Waals surface area contributed by atoms with E-state index < -0.39 is 5.24 Å². The molecule has 0 aliphatic heterocycles. The van der Waals surface area contributed by atoms with Crippen molar-refractivity contribution < 1.29 is 9.53 Å². The van der Waals surface area contributed by atoms with E-state index in [9.17, 15) is 4.79 Å². The molecule has 1 aliphatic rings. The van der Waals surface area contributed by atoms with Crippen LogP contribution in [0.3, 0.4) is 0 Å². The summed E-state index contributed by atoms with van der Waals surface area (Å²) in [5, 5.41) is 0.469. The number of thioether (sulfide) groups is 1. The summed E-state index contributed by atoms with van der Waals surface area (Å²) < 4.78 is 8.76. The second-order valence-electron chi connectivity index (χ2n) is 7.36. The highest BCUT2D eigenvalue weighted by molar-refractivity contribution is 9.10. The molecule has 3 nitrogen and oxygen atoms in total. The number of halogens is 2. The van der Waals surface area contributed by atoms with Crippen LogP contribution in [0.1, 0.15) is 54.2 Å². The predicted molar refractivity (Wildman–Crippen MR) is 124 cm³/mol. The SMILES string of the molecule is COc1cc2c(C(=O)Cl)c(CSc3ccccc3)n(C3CCCCC3)c2cc1Br. The minimum absolute atomic E-state index is 0.391. The highest BCUT2D eigenvalue weighted by Gasteiger charge is 2.27. The second kappa shape index (κ2) is 9.15. The summed E-state index contributed by atoms with van der Waals surface area (Å²) in [7, 11) is 1.64. The van der Waals surface area contributed by atoms with Gasteiger partial charge in [-0.3, -0.25) is 4.79 Å². The van der Waals surface area contributed by atoms with Crippen LogP contribution < -0.4 is 4.74 Å². The molecule has 2 aromatic carbocycles. The first-order chi connectivity index (χ1) is 14.1. The third-order valence-electron chi connectivity index (χ3n) is 5.63. The minimum Gasteiger partial charge on any atom is -0.496 e. The molecule has 0 atom stereocenters. The summed E-state index contributed by atoms with van der Waals surface area (Å²) in [5.41, 5.74) is 2.68. The molecule has 0 saturated heterocycles. The quantitative estimate of drug-likeness (QED) is 0.262. The van der Waals surface area contributed by atoms with Crippen LogP contribution in [0.25, 0.3) is 10.9 Å². The van der Waals surface area contributed by atoms with Crippen LogP contribution in [0.2, 0.25) is 0 Å². The normalized spacial score (nSPS) is 15.0. The average Bonchev–Trinajstić information content (AvgIpc) is 3.06. The molecule has 6 heteroatoms. The largest absolute Gasteiger partial charge is 0.496 e. The fourth-order valence-corrected chi connectivity index (χ4v) is 5.95. The molecule has 0 spiro atoms. The molecular formula is C23H23BrClNO2S. The van der Waals surface area contributed by atoms with E-state index in [0.717, 1.165) is 33.9 Å². The number of carbonyl (C=O) groups is 1. The standard InChI is InChI=1S/C23H23BrClNO2S/c1-28-21-12-17-19(13-18(21)24)26(15-8-4-2-5-9-15)20(22(17)23(25)27)14-29-16-10-6-3-7-11-16/h3,6-7,10-13,15H,2,4-5,8-9,14H2,1H3. The zero-order chi connectivity index (χ0) is 20.4.